The highest BCUT2D eigenvalue weighted by Crippen LogP contribution is 2.34. The molecule has 1 aromatic heterocycles. The van der Waals surface area contributed by atoms with Crippen LogP contribution in [0.25, 0.3) is 0 Å². The number of sulfonamides is 1. The molecule has 3 atom stereocenters. The highest BCUT2D eigenvalue weighted by molar-refractivity contribution is 7.88. The van der Waals surface area contributed by atoms with Crippen LogP contribution in [0.5, 0.6) is 5.88 Å². The average Bonchev–Trinajstić information content (AvgIpc) is 3.12. The second kappa shape index (κ2) is 6.66. The van der Waals surface area contributed by atoms with Crippen molar-refractivity contribution in [1.29, 1.82) is 0 Å². The lowest BCUT2D eigenvalue weighted by atomic mass is 9.93. The molecule has 2 aliphatic rings. The first-order valence-corrected chi connectivity index (χ1v) is 9.62. The number of hydrogen-bond donors (Lipinski definition) is 1. The first-order chi connectivity index (χ1) is 11.4. The number of fused-ring (bicyclic) bond motifs is 1. The first kappa shape index (κ1) is 17.1. The van der Waals surface area contributed by atoms with Crippen LogP contribution in [0.1, 0.15) is 10.4 Å². The molecule has 132 valence electrons. The molecular weight excluding hydrogens is 334 g/mol. The molecular formula is C15H21N3O5S. The number of nitrogens with zero attached hydrogens (tertiary/aromatic N) is 2. The summed E-state index contributed by atoms with van der Waals surface area (Å²) in [7, 11) is -1.75. The summed E-state index contributed by atoms with van der Waals surface area (Å²) in [6, 6.07) is 3.38. The second-order valence-corrected chi connectivity index (χ2v) is 8.02. The Morgan fingerprint density at radius 1 is 1.50 bits per heavy atom. The number of nitrogens with one attached hydrogen (secondary N) is 1. The number of rotatable bonds is 5. The molecule has 24 heavy (non-hydrogen) atoms. The van der Waals surface area contributed by atoms with E-state index in [1.165, 1.54) is 7.11 Å². The molecule has 3 rings (SSSR count). The Morgan fingerprint density at radius 2 is 2.29 bits per heavy atom. The minimum Gasteiger partial charge on any atom is -0.480 e. The Labute approximate surface area is 141 Å². The third kappa shape index (κ3) is 3.52. The third-order valence-electron chi connectivity index (χ3n) is 4.53. The van der Waals surface area contributed by atoms with E-state index in [4.69, 9.17) is 9.47 Å². The first-order valence-electron chi connectivity index (χ1n) is 7.73. The van der Waals surface area contributed by atoms with Gasteiger partial charge in [0.25, 0.3) is 5.91 Å². The molecule has 0 aliphatic carbocycles. The molecule has 2 fully saturated rings. The van der Waals surface area contributed by atoms with E-state index >= 15 is 0 Å². The van der Waals surface area contributed by atoms with E-state index in [0.29, 0.717) is 37.7 Å². The van der Waals surface area contributed by atoms with Gasteiger partial charge in [0.2, 0.25) is 15.9 Å². The van der Waals surface area contributed by atoms with Crippen LogP contribution < -0.4 is 9.46 Å². The number of aromatic nitrogens is 1. The highest BCUT2D eigenvalue weighted by atomic mass is 32.2. The molecule has 0 saturated carbocycles. The van der Waals surface area contributed by atoms with Crippen LogP contribution in [-0.2, 0) is 14.8 Å². The summed E-state index contributed by atoms with van der Waals surface area (Å²) in [6.45, 7) is 1.88. The normalized spacial score (nSPS) is 26.4. The van der Waals surface area contributed by atoms with Gasteiger partial charge in [-0.2, -0.15) is 0 Å². The van der Waals surface area contributed by atoms with E-state index in [1.54, 1.807) is 23.2 Å². The van der Waals surface area contributed by atoms with Crippen molar-refractivity contribution in [2.75, 3.05) is 39.6 Å². The molecule has 1 amide bonds. The second-order valence-electron chi connectivity index (χ2n) is 6.19. The smallest absolute Gasteiger partial charge is 0.259 e. The Balaban J connectivity index is 1.68. The van der Waals surface area contributed by atoms with Crippen molar-refractivity contribution >= 4 is 15.9 Å². The van der Waals surface area contributed by atoms with E-state index in [1.807, 2.05) is 0 Å². The van der Waals surface area contributed by atoms with Gasteiger partial charge in [0.05, 0.1) is 26.1 Å². The molecule has 1 aromatic rings. The lowest BCUT2D eigenvalue weighted by Gasteiger charge is -2.20. The molecule has 9 heteroatoms. The Kier molecular flexibility index (Phi) is 4.75. The van der Waals surface area contributed by atoms with Crippen LogP contribution in [0, 0.1) is 11.8 Å². The van der Waals surface area contributed by atoms with E-state index in [-0.39, 0.29) is 23.8 Å². The summed E-state index contributed by atoms with van der Waals surface area (Å²) in [6.07, 6.45) is 2.66. The lowest BCUT2D eigenvalue weighted by molar-refractivity contribution is 0.0675. The topological polar surface area (TPSA) is 97.8 Å². The fraction of sp³-hybridized carbons (Fsp3) is 0.600. The fourth-order valence-electron chi connectivity index (χ4n) is 3.32. The van der Waals surface area contributed by atoms with Gasteiger partial charge in [-0.15, -0.1) is 0 Å². The van der Waals surface area contributed by atoms with Gasteiger partial charge in [-0.1, -0.05) is 0 Å². The van der Waals surface area contributed by atoms with E-state index < -0.39 is 10.0 Å². The van der Waals surface area contributed by atoms with Gasteiger partial charge in [-0.3, -0.25) is 4.79 Å². The molecule has 0 radical (unpaired) electrons. The SMILES string of the molecule is COc1ncccc1C(=O)N1C[C@@H]2[C@@H](CNS(C)(=O)=O)CO[C@@H]2C1. The lowest BCUT2D eigenvalue weighted by Crippen LogP contribution is -2.35. The summed E-state index contributed by atoms with van der Waals surface area (Å²) in [4.78, 5) is 18.5. The van der Waals surface area contributed by atoms with Crippen molar-refractivity contribution < 1.29 is 22.7 Å². The molecule has 0 aromatic carbocycles. The zero-order valence-electron chi connectivity index (χ0n) is 13.6. The van der Waals surface area contributed by atoms with Crippen LogP contribution in [0.3, 0.4) is 0 Å². The summed E-state index contributed by atoms with van der Waals surface area (Å²) in [5.41, 5.74) is 0.422. The quantitative estimate of drug-likeness (QED) is 0.781. The molecule has 3 heterocycles. The highest BCUT2D eigenvalue weighted by Gasteiger charge is 2.45. The minimum atomic E-state index is -3.23. The number of ether oxygens (including phenoxy) is 2. The van der Waals surface area contributed by atoms with Gasteiger partial charge in [0, 0.05) is 37.7 Å². The summed E-state index contributed by atoms with van der Waals surface area (Å²) >= 11 is 0. The van der Waals surface area contributed by atoms with Crippen LogP contribution in [-0.4, -0.2) is 69.9 Å². The number of carbonyl (C=O) groups excluding carboxylic acids is 1. The Bertz CT molecular complexity index is 724. The van der Waals surface area contributed by atoms with Crippen LogP contribution in [0.2, 0.25) is 0 Å². The van der Waals surface area contributed by atoms with E-state index in [9.17, 15) is 13.2 Å². The van der Waals surface area contributed by atoms with E-state index in [0.717, 1.165) is 6.26 Å². The zero-order chi connectivity index (χ0) is 17.3. The predicted molar refractivity (Wildman–Crippen MR) is 86.3 cm³/mol. The third-order valence-corrected chi connectivity index (χ3v) is 5.22. The largest absolute Gasteiger partial charge is 0.480 e. The van der Waals surface area contributed by atoms with Crippen molar-refractivity contribution in [1.82, 2.24) is 14.6 Å². The number of amides is 1. The summed E-state index contributed by atoms with van der Waals surface area (Å²) in [5.74, 6) is 0.354. The maximum Gasteiger partial charge on any atom is 0.259 e. The molecule has 0 spiro atoms. The average molecular weight is 355 g/mol. The Hall–Kier alpha value is -1.71. The molecule has 0 bridgehead atoms. The molecule has 2 aliphatic heterocycles. The monoisotopic (exact) mass is 355 g/mol. The van der Waals surface area contributed by atoms with Crippen LogP contribution in [0.4, 0.5) is 0 Å². The molecule has 8 nitrogen and oxygen atoms in total. The number of hydrogen-bond acceptors (Lipinski definition) is 6. The maximum atomic E-state index is 12.7. The number of methoxy groups -OCH3 is 1. The van der Waals surface area contributed by atoms with E-state index in [2.05, 4.69) is 9.71 Å². The van der Waals surface area contributed by atoms with Gasteiger partial charge in [0.1, 0.15) is 5.56 Å². The fourth-order valence-corrected chi connectivity index (χ4v) is 3.84. The summed E-state index contributed by atoms with van der Waals surface area (Å²) < 4.78 is 36.0. The summed E-state index contributed by atoms with van der Waals surface area (Å²) in [5, 5.41) is 0. The molecule has 1 N–H and O–H groups in total. The number of pyridine rings is 1. The number of likely N-dealkylation sites (tertiary alicyclic amines) is 1. The standard InChI is InChI=1S/C15H21N3O5S/c1-22-14-11(4-3-5-16-14)15(19)18-7-12-10(6-17-24(2,20)21)9-23-13(12)8-18/h3-5,10,12-13,17H,6-9H2,1-2H3/t10-,12+,13+/m0/s1. The van der Waals surface area contributed by atoms with Crippen molar-refractivity contribution in [3.05, 3.63) is 23.9 Å². The van der Waals surface area contributed by atoms with Crippen LogP contribution in [0.15, 0.2) is 18.3 Å². The van der Waals surface area contributed by atoms with Gasteiger partial charge in [0.15, 0.2) is 0 Å². The van der Waals surface area contributed by atoms with Crippen molar-refractivity contribution in [2.24, 2.45) is 11.8 Å². The zero-order valence-corrected chi connectivity index (χ0v) is 14.5. The maximum absolute atomic E-state index is 12.7. The van der Waals surface area contributed by atoms with Crippen molar-refractivity contribution in [3.63, 3.8) is 0 Å². The van der Waals surface area contributed by atoms with Gasteiger partial charge >= 0.3 is 0 Å². The van der Waals surface area contributed by atoms with Crippen molar-refractivity contribution in [2.45, 2.75) is 6.10 Å². The minimum absolute atomic E-state index is 0.0528. The predicted octanol–water partition coefficient (Wildman–Crippen LogP) is -0.274. The molecule has 0 unspecified atom stereocenters. The molecule has 2 saturated heterocycles. The van der Waals surface area contributed by atoms with Gasteiger partial charge in [-0.05, 0) is 12.1 Å². The number of carbonyl (C=O) groups is 1. The Morgan fingerprint density at radius 3 is 3.00 bits per heavy atom. The van der Waals surface area contributed by atoms with Crippen LogP contribution >= 0.6 is 0 Å². The van der Waals surface area contributed by atoms with Gasteiger partial charge < -0.3 is 14.4 Å². The van der Waals surface area contributed by atoms with Gasteiger partial charge in [-0.25, -0.2) is 18.1 Å². The van der Waals surface area contributed by atoms with Crippen molar-refractivity contribution in [3.8, 4) is 5.88 Å².